The monoisotopic (exact) mass is 403 g/mol. The van der Waals surface area contributed by atoms with Crippen LogP contribution in [0.4, 0.5) is 0 Å². The molecule has 0 aliphatic carbocycles. The summed E-state index contributed by atoms with van der Waals surface area (Å²) in [4.78, 5) is 0. The van der Waals surface area contributed by atoms with Crippen molar-refractivity contribution in [3.8, 4) is 5.75 Å². The van der Waals surface area contributed by atoms with Gasteiger partial charge in [0.05, 0.1) is 8.95 Å². The molecule has 1 aromatic heterocycles. The highest BCUT2D eigenvalue weighted by Gasteiger charge is 2.11. The number of aromatic nitrogens is 2. The largest absolute Gasteiger partial charge is 0.481 e. The van der Waals surface area contributed by atoms with Crippen LogP contribution < -0.4 is 10.1 Å². The van der Waals surface area contributed by atoms with E-state index < -0.39 is 0 Å². The van der Waals surface area contributed by atoms with Gasteiger partial charge in [0.15, 0.2) is 6.61 Å². The SMILES string of the molecule is CCNCc1cc(Br)c(OCc2nnc(C)o2)c(Br)c1. The average Bonchev–Trinajstić information content (AvgIpc) is 2.81. The van der Waals surface area contributed by atoms with Crippen molar-refractivity contribution in [2.75, 3.05) is 6.54 Å². The van der Waals surface area contributed by atoms with E-state index in [1.165, 1.54) is 5.56 Å². The van der Waals surface area contributed by atoms with E-state index in [-0.39, 0.29) is 6.61 Å². The van der Waals surface area contributed by atoms with Crippen LogP contribution in [0.1, 0.15) is 24.3 Å². The number of aryl methyl sites for hydroxylation is 1. The van der Waals surface area contributed by atoms with Crippen molar-refractivity contribution < 1.29 is 9.15 Å². The van der Waals surface area contributed by atoms with E-state index in [2.05, 4.69) is 54.3 Å². The maximum absolute atomic E-state index is 5.72. The number of rotatable bonds is 6. The van der Waals surface area contributed by atoms with Gasteiger partial charge in [-0.15, -0.1) is 10.2 Å². The maximum atomic E-state index is 5.72. The molecule has 0 aliphatic rings. The van der Waals surface area contributed by atoms with E-state index in [1.54, 1.807) is 6.92 Å². The Labute approximate surface area is 134 Å². The summed E-state index contributed by atoms with van der Waals surface area (Å²) in [6.07, 6.45) is 0. The summed E-state index contributed by atoms with van der Waals surface area (Å²) in [5, 5.41) is 10.9. The van der Waals surface area contributed by atoms with Crippen LogP contribution in [0.2, 0.25) is 0 Å². The molecule has 0 saturated heterocycles. The fraction of sp³-hybridized carbons (Fsp3) is 0.385. The Balaban J connectivity index is 2.07. The summed E-state index contributed by atoms with van der Waals surface area (Å²) in [6, 6.07) is 4.06. The van der Waals surface area contributed by atoms with Crippen LogP contribution in [0.15, 0.2) is 25.5 Å². The third-order valence-electron chi connectivity index (χ3n) is 2.55. The molecule has 0 bridgehead atoms. The molecule has 0 spiro atoms. The van der Waals surface area contributed by atoms with Gasteiger partial charge < -0.3 is 14.5 Å². The minimum atomic E-state index is 0.241. The van der Waals surface area contributed by atoms with Gasteiger partial charge in [0.2, 0.25) is 5.89 Å². The molecule has 1 N–H and O–H groups in total. The van der Waals surface area contributed by atoms with Crippen LogP contribution in [0.25, 0.3) is 0 Å². The van der Waals surface area contributed by atoms with E-state index in [4.69, 9.17) is 9.15 Å². The molecule has 0 atom stereocenters. The van der Waals surface area contributed by atoms with Gasteiger partial charge in [-0.25, -0.2) is 0 Å². The van der Waals surface area contributed by atoms with Crippen molar-refractivity contribution in [2.24, 2.45) is 0 Å². The molecule has 0 amide bonds. The zero-order valence-electron chi connectivity index (χ0n) is 11.2. The standard InChI is InChI=1S/C13H15Br2N3O2/c1-3-16-6-9-4-10(14)13(11(15)5-9)19-7-12-18-17-8(2)20-12/h4-5,16H,3,6-7H2,1-2H3. The van der Waals surface area contributed by atoms with Crippen LogP contribution in [0, 0.1) is 6.92 Å². The number of benzene rings is 1. The molecule has 2 rings (SSSR count). The van der Waals surface area contributed by atoms with Crippen molar-refractivity contribution in [3.05, 3.63) is 38.4 Å². The smallest absolute Gasteiger partial charge is 0.253 e. The van der Waals surface area contributed by atoms with Crippen molar-refractivity contribution in [1.82, 2.24) is 15.5 Å². The zero-order chi connectivity index (χ0) is 14.5. The maximum Gasteiger partial charge on any atom is 0.253 e. The van der Waals surface area contributed by atoms with Gasteiger partial charge in [-0.2, -0.15) is 0 Å². The van der Waals surface area contributed by atoms with Gasteiger partial charge in [-0.05, 0) is 56.1 Å². The fourth-order valence-corrected chi connectivity index (χ4v) is 3.16. The lowest BCUT2D eigenvalue weighted by molar-refractivity contribution is 0.257. The minimum absolute atomic E-state index is 0.241. The normalized spacial score (nSPS) is 10.8. The first-order valence-corrected chi connectivity index (χ1v) is 7.79. The first-order chi connectivity index (χ1) is 9.60. The molecule has 7 heteroatoms. The van der Waals surface area contributed by atoms with E-state index in [0.717, 1.165) is 27.8 Å². The molecule has 0 fully saturated rings. The molecular formula is C13H15Br2N3O2. The third-order valence-corrected chi connectivity index (χ3v) is 3.72. The predicted molar refractivity (Wildman–Crippen MR) is 82.6 cm³/mol. The summed E-state index contributed by atoms with van der Waals surface area (Å²) in [6.45, 7) is 5.82. The lowest BCUT2D eigenvalue weighted by Gasteiger charge is -2.11. The Morgan fingerprint density at radius 2 is 1.95 bits per heavy atom. The number of hydrogen-bond donors (Lipinski definition) is 1. The first kappa shape index (κ1) is 15.5. The predicted octanol–water partition coefficient (Wildman–Crippen LogP) is 3.59. The van der Waals surface area contributed by atoms with Crippen LogP contribution in [-0.2, 0) is 13.2 Å². The molecule has 108 valence electrons. The van der Waals surface area contributed by atoms with Crippen LogP contribution in [0.3, 0.4) is 0 Å². The highest BCUT2D eigenvalue weighted by Crippen LogP contribution is 2.35. The highest BCUT2D eigenvalue weighted by molar-refractivity contribution is 9.11. The highest BCUT2D eigenvalue weighted by atomic mass is 79.9. The molecule has 0 aliphatic heterocycles. The Morgan fingerprint density at radius 1 is 1.25 bits per heavy atom. The van der Waals surface area contributed by atoms with Crippen molar-refractivity contribution in [3.63, 3.8) is 0 Å². The summed E-state index contributed by atoms with van der Waals surface area (Å²) < 4.78 is 12.8. The first-order valence-electron chi connectivity index (χ1n) is 6.20. The van der Waals surface area contributed by atoms with Crippen LogP contribution in [-0.4, -0.2) is 16.7 Å². The van der Waals surface area contributed by atoms with E-state index in [1.807, 2.05) is 12.1 Å². The van der Waals surface area contributed by atoms with Gasteiger partial charge in [0.25, 0.3) is 5.89 Å². The molecule has 1 heterocycles. The minimum Gasteiger partial charge on any atom is -0.481 e. The average molecular weight is 405 g/mol. The quantitative estimate of drug-likeness (QED) is 0.797. The molecule has 20 heavy (non-hydrogen) atoms. The second-order valence-corrected chi connectivity index (χ2v) is 5.88. The van der Waals surface area contributed by atoms with E-state index in [9.17, 15) is 0 Å². The number of nitrogens with one attached hydrogen (secondary N) is 1. The lowest BCUT2D eigenvalue weighted by atomic mass is 10.2. The summed E-state index contributed by atoms with van der Waals surface area (Å²) in [7, 11) is 0. The van der Waals surface area contributed by atoms with Crippen molar-refractivity contribution >= 4 is 31.9 Å². The van der Waals surface area contributed by atoms with E-state index in [0.29, 0.717) is 11.8 Å². The van der Waals surface area contributed by atoms with Gasteiger partial charge in [-0.1, -0.05) is 6.92 Å². The number of hydrogen-bond acceptors (Lipinski definition) is 5. The van der Waals surface area contributed by atoms with Gasteiger partial charge in [0, 0.05) is 13.5 Å². The van der Waals surface area contributed by atoms with Gasteiger partial charge in [-0.3, -0.25) is 0 Å². The molecule has 5 nitrogen and oxygen atoms in total. The molecule has 0 radical (unpaired) electrons. The van der Waals surface area contributed by atoms with Crippen LogP contribution in [0.5, 0.6) is 5.75 Å². The second kappa shape index (κ2) is 7.19. The number of halogens is 2. The van der Waals surface area contributed by atoms with Gasteiger partial charge >= 0.3 is 0 Å². The second-order valence-electron chi connectivity index (χ2n) is 4.17. The zero-order valence-corrected chi connectivity index (χ0v) is 14.4. The van der Waals surface area contributed by atoms with Crippen LogP contribution >= 0.6 is 31.9 Å². The van der Waals surface area contributed by atoms with Gasteiger partial charge in [0.1, 0.15) is 5.75 Å². The Morgan fingerprint density at radius 3 is 2.50 bits per heavy atom. The van der Waals surface area contributed by atoms with Crippen molar-refractivity contribution in [2.45, 2.75) is 27.0 Å². The van der Waals surface area contributed by atoms with E-state index >= 15 is 0 Å². The molecule has 1 aromatic carbocycles. The van der Waals surface area contributed by atoms with Crippen molar-refractivity contribution in [1.29, 1.82) is 0 Å². The molecule has 0 unspecified atom stereocenters. The number of nitrogens with zero attached hydrogens (tertiary/aromatic N) is 2. The molecule has 0 saturated carbocycles. The third kappa shape index (κ3) is 4.04. The summed E-state index contributed by atoms with van der Waals surface area (Å²) >= 11 is 7.04. The Kier molecular flexibility index (Phi) is 5.56. The lowest BCUT2D eigenvalue weighted by Crippen LogP contribution is -2.11. The molecule has 2 aromatic rings. The summed E-state index contributed by atoms with van der Waals surface area (Å²) in [5.74, 6) is 1.71. The molecular weight excluding hydrogens is 390 g/mol. The Bertz CT molecular complexity index is 564. The Hall–Kier alpha value is -0.920. The topological polar surface area (TPSA) is 60.2 Å². The number of ether oxygens (including phenoxy) is 1. The summed E-state index contributed by atoms with van der Waals surface area (Å²) in [5.41, 5.74) is 1.17. The fourth-order valence-electron chi connectivity index (χ4n) is 1.65.